The van der Waals surface area contributed by atoms with E-state index >= 15 is 0 Å². The van der Waals surface area contributed by atoms with E-state index in [1.165, 1.54) is 44.1 Å². The third-order valence-electron chi connectivity index (χ3n) is 5.77. The Morgan fingerprint density at radius 2 is 1.50 bits per heavy atom. The van der Waals surface area contributed by atoms with Gasteiger partial charge in [0.25, 0.3) is 5.91 Å². The molecule has 1 aromatic carbocycles. The fourth-order valence-corrected chi connectivity index (χ4v) is 4.10. The van der Waals surface area contributed by atoms with Crippen LogP contribution < -0.4 is 0 Å². The molecule has 120 valence electrons. The molecular weight excluding hydrogens is 270 g/mol. The van der Waals surface area contributed by atoms with E-state index in [0.717, 1.165) is 18.7 Å². The third kappa shape index (κ3) is 3.06. The lowest BCUT2D eigenvalue weighted by Crippen LogP contribution is -2.42. The highest BCUT2D eigenvalue weighted by molar-refractivity contribution is 5.94. The Balaban J connectivity index is 1.65. The van der Waals surface area contributed by atoms with Crippen molar-refractivity contribution in [2.45, 2.75) is 64.7 Å². The minimum atomic E-state index is 0.140. The average molecular weight is 299 g/mol. The first-order valence-electron chi connectivity index (χ1n) is 8.80. The van der Waals surface area contributed by atoms with Crippen LogP contribution in [0.25, 0.3) is 0 Å². The monoisotopic (exact) mass is 299 g/mol. The van der Waals surface area contributed by atoms with Crippen molar-refractivity contribution in [3.8, 4) is 0 Å². The Hall–Kier alpha value is -1.31. The van der Waals surface area contributed by atoms with Gasteiger partial charge in [0, 0.05) is 18.7 Å². The Labute approximate surface area is 134 Å². The number of piperidine rings is 1. The van der Waals surface area contributed by atoms with Gasteiger partial charge in [0.2, 0.25) is 0 Å². The molecule has 1 spiro atoms. The Bertz CT molecular complexity index is 522. The second-order valence-corrected chi connectivity index (χ2v) is 8.33. The zero-order valence-corrected chi connectivity index (χ0v) is 14.3. The molecule has 3 rings (SSSR count). The number of carbonyl (C=O) groups is 1. The van der Waals surface area contributed by atoms with Crippen LogP contribution in [0.15, 0.2) is 24.3 Å². The first-order chi connectivity index (χ1) is 10.4. The zero-order chi connectivity index (χ0) is 15.8. The van der Waals surface area contributed by atoms with E-state index in [1.807, 2.05) is 12.1 Å². The quantitative estimate of drug-likeness (QED) is 0.730. The molecule has 0 unspecified atom stereocenters. The van der Waals surface area contributed by atoms with Crippen molar-refractivity contribution in [2.75, 3.05) is 13.1 Å². The average Bonchev–Trinajstić information content (AvgIpc) is 2.95. The van der Waals surface area contributed by atoms with E-state index in [-0.39, 0.29) is 11.3 Å². The number of nitrogens with zero attached hydrogens (tertiary/aromatic N) is 1. The normalized spacial score (nSPS) is 21.3. The molecule has 1 amide bonds. The summed E-state index contributed by atoms with van der Waals surface area (Å²) >= 11 is 0. The van der Waals surface area contributed by atoms with E-state index < -0.39 is 0 Å². The summed E-state index contributed by atoms with van der Waals surface area (Å²) in [5.41, 5.74) is 2.84. The molecule has 1 aliphatic carbocycles. The second-order valence-electron chi connectivity index (χ2n) is 8.33. The van der Waals surface area contributed by atoms with Gasteiger partial charge < -0.3 is 4.90 Å². The lowest BCUT2D eigenvalue weighted by atomic mass is 9.77. The van der Waals surface area contributed by atoms with Crippen molar-refractivity contribution < 1.29 is 4.79 Å². The highest BCUT2D eigenvalue weighted by Crippen LogP contribution is 2.46. The van der Waals surface area contributed by atoms with Gasteiger partial charge >= 0.3 is 0 Å². The molecule has 0 bridgehead atoms. The molecule has 22 heavy (non-hydrogen) atoms. The number of rotatable bonds is 1. The summed E-state index contributed by atoms with van der Waals surface area (Å²) in [6, 6.07) is 8.22. The van der Waals surface area contributed by atoms with Gasteiger partial charge in [-0.1, -0.05) is 45.7 Å². The Morgan fingerprint density at radius 1 is 0.955 bits per heavy atom. The number of hydrogen-bond donors (Lipinski definition) is 0. The van der Waals surface area contributed by atoms with Gasteiger partial charge in [-0.05, 0) is 54.2 Å². The van der Waals surface area contributed by atoms with Gasteiger partial charge in [-0.25, -0.2) is 0 Å². The molecule has 1 heterocycles. The second kappa shape index (κ2) is 5.72. The molecule has 2 heteroatoms. The molecule has 0 atom stereocenters. The van der Waals surface area contributed by atoms with E-state index in [2.05, 4.69) is 37.8 Å². The van der Waals surface area contributed by atoms with E-state index in [9.17, 15) is 4.79 Å². The Kier molecular flexibility index (Phi) is 4.05. The highest BCUT2D eigenvalue weighted by Gasteiger charge is 2.38. The van der Waals surface area contributed by atoms with Crippen LogP contribution in [0.5, 0.6) is 0 Å². The third-order valence-corrected chi connectivity index (χ3v) is 5.77. The van der Waals surface area contributed by atoms with Crippen molar-refractivity contribution in [2.24, 2.45) is 5.41 Å². The number of carbonyl (C=O) groups excluding carboxylic acids is 1. The predicted octanol–water partition coefficient (Wildman–Crippen LogP) is 4.78. The summed E-state index contributed by atoms with van der Waals surface area (Å²) in [7, 11) is 0. The molecule has 1 aromatic rings. The van der Waals surface area contributed by atoms with Crippen molar-refractivity contribution in [1.29, 1.82) is 0 Å². The van der Waals surface area contributed by atoms with Crippen molar-refractivity contribution in [1.82, 2.24) is 4.90 Å². The fourth-order valence-electron chi connectivity index (χ4n) is 4.10. The summed E-state index contributed by atoms with van der Waals surface area (Å²) in [6.45, 7) is 8.50. The molecule has 0 N–H and O–H groups in total. The van der Waals surface area contributed by atoms with E-state index in [1.54, 1.807) is 0 Å². The molecule has 2 nitrogen and oxygen atoms in total. The summed E-state index contributed by atoms with van der Waals surface area (Å²) < 4.78 is 0. The van der Waals surface area contributed by atoms with Gasteiger partial charge in [-0.3, -0.25) is 4.79 Å². The van der Waals surface area contributed by atoms with Crippen LogP contribution in [-0.4, -0.2) is 23.9 Å². The zero-order valence-electron chi connectivity index (χ0n) is 14.3. The molecule has 1 saturated heterocycles. The van der Waals surface area contributed by atoms with Gasteiger partial charge in [0.05, 0.1) is 0 Å². The van der Waals surface area contributed by atoms with Crippen LogP contribution in [0, 0.1) is 5.41 Å². The van der Waals surface area contributed by atoms with Crippen molar-refractivity contribution in [3.63, 3.8) is 0 Å². The minimum Gasteiger partial charge on any atom is -0.339 e. The van der Waals surface area contributed by atoms with Crippen LogP contribution in [0.4, 0.5) is 0 Å². The maximum atomic E-state index is 12.7. The lowest BCUT2D eigenvalue weighted by Gasteiger charge is -2.39. The van der Waals surface area contributed by atoms with Gasteiger partial charge in [-0.15, -0.1) is 0 Å². The maximum Gasteiger partial charge on any atom is 0.253 e. The first kappa shape index (κ1) is 15.6. The van der Waals surface area contributed by atoms with Crippen LogP contribution in [0.3, 0.4) is 0 Å². The SMILES string of the molecule is CC(C)(C)c1ccc(C(=O)N2CCC3(CCCC3)CC2)cc1. The van der Waals surface area contributed by atoms with E-state index in [0.29, 0.717) is 5.41 Å². The van der Waals surface area contributed by atoms with Crippen LogP contribution in [0.2, 0.25) is 0 Å². The summed E-state index contributed by atoms with van der Waals surface area (Å²) in [6.07, 6.45) is 7.96. The predicted molar refractivity (Wildman–Crippen MR) is 91.2 cm³/mol. The van der Waals surface area contributed by atoms with Crippen LogP contribution >= 0.6 is 0 Å². The standard InChI is InChI=1S/C20H29NO/c1-19(2,3)17-8-6-16(7-9-17)18(22)21-14-12-20(13-15-21)10-4-5-11-20/h6-9H,4-5,10-15H2,1-3H3. The van der Waals surface area contributed by atoms with Gasteiger partial charge in [0.15, 0.2) is 0 Å². The van der Waals surface area contributed by atoms with Gasteiger partial charge in [-0.2, -0.15) is 0 Å². The minimum absolute atomic E-state index is 0.140. The first-order valence-corrected chi connectivity index (χ1v) is 8.80. The summed E-state index contributed by atoms with van der Waals surface area (Å²) in [5.74, 6) is 0.216. The molecule has 1 aliphatic heterocycles. The smallest absolute Gasteiger partial charge is 0.253 e. The largest absolute Gasteiger partial charge is 0.339 e. The number of likely N-dealkylation sites (tertiary alicyclic amines) is 1. The molecule has 2 aliphatic rings. The number of hydrogen-bond acceptors (Lipinski definition) is 1. The van der Waals surface area contributed by atoms with Crippen molar-refractivity contribution in [3.05, 3.63) is 35.4 Å². The van der Waals surface area contributed by atoms with Crippen LogP contribution in [0.1, 0.15) is 75.2 Å². The molecular formula is C20H29NO. The topological polar surface area (TPSA) is 20.3 Å². The van der Waals surface area contributed by atoms with Crippen LogP contribution in [-0.2, 0) is 5.41 Å². The maximum absolute atomic E-state index is 12.7. The molecule has 1 saturated carbocycles. The summed E-state index contributed by atoms with van der Waals surface area (Å²) in [5, 5.41) is 0. The number of benzene rings is 1. The van der Waals surface area contributed by atoms with Crippen molar-refractivity contribution >= 4 is 5.91 Å². The highest BCUT2D eigenvalue weighted by atomic mass is 16.2. The fraction of sp³-hybridized carbons (Fsp3) is 0.650. The molecule has 0 aromatic heterocycles. The van der Waals surface area contributed by atoms with Gasteiger partial charge in [0.1, 0.15) is 0 Å². The number of amides is 1. The molecule has 2 fully saturated rings. The molecule has 0 radical (unpaired) electrons. The summed E-state index contributed by atoms with van der Waals surface area (Å²) in [4.78, 5) is 14.8. The lowest BCUT2D eigenvalue weighted by molar-refractivity contribution is 0.0587. The van der Waals surface area contributed by atoms with E-state index in [4.69, 9.17) is 0 Å². The Morgan fingerprint density at radius 3 is 2.00 bits per heavy atom.